The largest absolute Gasteiger partial charge is 0.355 e. The van der Waals surface area contributed by atoms with Crippen LogP contribution < -0.4 is 10.6 Å². The van der Waals surface area contributed by atoms with Gasteiger partial charge in [-0.1, -0.05) is 0 Å². The molecule has 0 aromatic carbocycles. The molecule has 1 unspecified atom stereocenters. The lowest BCUT2D eigenvalue weighted by atomic mass is 10.2. The van der Waals surface area contributed by atoms with Crippen LogP contribution in [0.1, 0.15) is 19.8 Å². The van der Waals surface area contributed by atoms with Gasteiger partial charge in [0, 0.05) is 13.6 Å². The molecule has 0 bridgehead atoms. The van der Waals surface area contributed by atoms with Gasteiger partial charge in [0.05, 0.1) is 12.6 Å². The molecular formula is C10H19N3O2. The van der Waals surface area contributed by atoms with E-state index < -0.39 is 0 Å². The lowest BCUT2D eigenvalue weighted by molar-refractivity contribution is -0.136. The molecule has 0 aromatic rings. The fourth-order valence-corrected chi connectivity index (χ4v) is 1.71. The van der Waals surface area contributed by atoms with Gasteiger partial charge < -0.3 is 15.5 Å². The van der Waals surface area contributed by atoms with Gasteiger partial charge in [0.1, 0.15) is 0 Å². The van der Waals surface area contributed by atoms with E-state index in [0.29, 0.717) is 6.54 Å². The number of nitrogens with one attached hydrogen (secondary N) is 2. The molecule has 86 valence electrons. The zero-order valence-corrected chi connectivity index (χ0v) is 9.38. The molecule has 0 radical (unpaired) electrons. The Hall–Kier alpha value is -1.10. The average molecular weight is 213 g/mol. The molecule has 15 heavy (non-hydrogen) atoms. The van der Waals surface area contributed by atoms with E-state index >= 15 is 0 Å². The van der Waals surface area contributed by atoms with Crippen LogP contribution in [0.2, 0.25) is 0 Å². The van der Waals surface area contributed by atoms with E-state index in [2.05, 4.69) is 10.6 Å². The highest BCUT2D eigenvalue weighted by atomic mass is 16.2. The van der Waals surface area contributed by atoms with Crippen LogP contribution in [0.3, 0.4) is 0 Å². The van der Waals surface area contributed by atoms with Gasteiger partial charge in [-0.05, 0) is 26.3 Å². The Kier molecular flexibility index (Phi) is 4.55. The van der Waals surface area contributed by atoms with Crippen LogP contribution in [-0.2, 0) is 9.59 Å². The summed E-state index contributed by atoms with van der Waals surface area (Å²) in [4.78, 5) is 24.5. The summed E-state index contributed by atoms with van der Waals surface area (Å²) in [6, 6.07) is -0.0931. The number of nitrogens with zero attached hydrogens (tertiary/aromatic N) is 1. The quantitative estimate of drug-likeness (QED) is 0.651. The minimum atomic E-state index is -0.105. The minimum Gasteiger partial charge on any atom is -0.355 e. The Balaban J connectivity index is 2.35. The van der Waals surface area contributed by atoms with Crippen LogP contribution in [0.5, 0.6) is 0 Å². The molecule has 0 saturated carbocycles. The van der Waals surface area contributed by atoms with Crippen LogP contribution in [0.25, 0.3) is 0 Å². The van der Waals surface area contributed by atoms with Crippen molar-refractivity contribution >= 4 is 11.8 Å². The Morgan fingerprint density at radius 1 is 1.53 bits per heavy atom. The molecule has 5 nitrogen and oxygen atoms in total. The first-order valence-corrected chi connectivity index (χ1v) is 5.40. The maximum absolute atomic E-state index is 11.8. The first-order chi connectivity index (χ1) is 7.15. The van der Waals surface area contributed by atoms with Crippen molar-refractivity contribution in [1.82, 2.24) is 15.5 Å². The minimum absolute atomic E-state index is 0.0127. The van der Waals surface area contributed by atoms with Gasteiger partial charge in [-0.3, -0.25) is 9.59 Å². The first-order valence-electron chi connectivity index (χ1n) is 5.40. The second kappa shape index (κ2) is 5.70. The summed E-state index contributed by atoms with van der Waals surface area (Å²) in [7, 11) is 1.66. The number of likely N-dealkylation sites (N-methyl/N-ethyl adjacent to an activating group) is 2. The van der Waals surface area contributed by atoms with E-state index in [1.807, 2.05) is 6.92 Å². The zero-order chi connectivity index (χ0) is 11.3. The lowest BCUT2D eigenvalue weighted by Crippen LogP contribution is -2.45. The molecule has 0 aromatic heterocycles. The topological polar surface area (TPSA) is 61.4 Å². The summed E-state index contributed by atoms with van der Waals surface area (Å²) in [5, 5.41) is 5.79. The molecule has 1 aliphatic rings. The van der Waals surface area contributed by atoms with Crippen molar-refractivity contribution in [2.75, 3.05) is 26.7 Å². The van der Waals surface area contributed by atoms with E-state index in [1.54, 1.807) is 7.05 Å². The molecule has 5 heteroatoms. The van der Waals surface area contributed by atoms with E-state index in [9.17, 15) is 9.59 Å². The second-order valence-electron chi connectivity index (χ2n) is 3.80. The maximum Gasteiger partial charge on any atom is 0.239 e. The van der Waals surface area contributed by atoms with Crippen molar-refractivity contribution in [2.45, 2.75) is 25.8 Å². The van der Waals surface area contributed by atoms with E-state index in [-0.39, 0.29) is 24.4 Å². The van der Waals surface area contributed by atoms with Crippen molar-refractivity contribution in [3.8, 4) is 0 Å². The Bertz CT molecular complexity index is 237. The Morgan fingerprint density at radius 3 is 2.80 bits per heavy atom. The monoisotopic (exact) mass is 213 g/mol. The highest BCUT2D eigenvalue weighted by molar-refractivity contribution is 5.87. The molecule has 1 heterocycles. The molecule has 1 saturated heterocycles. The third-order valence-corrected chi connectivity index (χ3v) is 2.49. The van der Waals surface area contributed by atoms with Crippen LogP contribution >= 0.6 is 0 Å². The molecule has 0 aliphatic carbocycles. The fraction of sp³-hybridized carbons (Fsp3) is 0.800. The molecule has 1 fully saturated rings. The number of amides is 2. The highest BCUT2D eigenvalue weighted by Crippen LogP contribution is 2.07. The first kappa shape index (κ1) is 12.0. The van der Waals surface area contributed by atoms with Gasteiger partial charge in [-0.15, -0.1) is 0 Å². The summed E-state index contributed by atoms with van der Waals surface area (Å²) >= 11 is 0. The van der Waals surface area contributed by atoms with Gasteiger partial charge in [0.2, 0.25) is 11.8 Å². The zero-order valence-electron chi connectivity index (χ0n) is 9.38. The van der Waals surface area contributed by atoms with Gasteiger partial charge >= 0.3 is 0 Å². The van der Waals surface area contributed by atoms with Crippen LogP contribution in [0.15, 0.2) is 0 Å². The molecular weight excluding hydrogens is 194 g/mol. The highest BCUT2D eigenvalue weighted by Gasteiger charge is 2.25. The molecule has 2 N–H and O–H groups in total. The predicted molar refractivity (Wildman–Crippen MR) is 57.3 cm³/mol. The third-order valence-electron chi connectivity index (χ3n) is 2.49. The number of hydrogen-bond donors (Lipinski definition) is 2. The molecule has 0 spiro atoms. The van der Waals surface area contributed by atoms with Crippen molar-refractivity contribution in [2.24, 2.45) is 0 Å². The maximum atomic E-state index is 11.8. The third kappa shape index (κ3) is 3.51. The number of hydrogen-bond acceptors (Lipinski definition) is 3. The summed E-state index contributed by atoms with van der Waals surface area (Å²) in [6.07, 6.45) is 1.91. The second-order valence-corrected chi connectivity index (χ2v) is 3.80. The van der Waals surface area contributed by atoms with Crippen molar-refractivity contribution in [3.05, 3.63) is 0 Å². The van der Waals surface area contributed by atoms with Gasteiger partial charge in [0.25, 0.3) is 0 Å². The Morgan fingerprint density at radius 2 is 2.27 bits per heavy atom. The van der Waals surface area contributed by atoms with Crippen LogP contribution in [-0.4, -0.2) is 49.4 Å². The van der Waals surface area contributed by atoms with Crippen molar-refractivity contribution in [3.63, 3.8) is 0 Å². The van der Waals surface area contributed by atoms with Crippen molar-refractivity contribution in [1.29, 1.82) is 0 Å². The average Bonchev–Trinajstić information content (AvgIpc) is 2.69. The summed E-state index contributed by atoms with van der Waals surface area (Å²) < 4.78 is 0. The SMILES string of the molecule is CCNC(=O)CN(C)C(=O)C1CCCN1. The smallest absolute Gasteiger partial charge is 0.239 e. The lowest BCUT2D eigenvalue weighted by Gasteiger charge is -2.20. The van der Waals surface area contributed by atoms with E-state index in [1.165, 1.54) is 4.90 Å². The number of carbonyl (C=O) groups is 2. The van der Waals surface area contributed by atoms with Gasteiger partial charge in [-0.25, -0.2) is 0 Å². The standard InChI is InChI=1S/C10H19N3O2/c1-3-11-9(14)7-13(2)10(15)8-5-4-6-12-8/h8,12H,3-7H2,1-2H3,(H,11,14). The number of rotatable bonds is 4. The molecule has 1 rings (SSSR count). The van der Waals surface area contributed by atoms with Gasteiger partial charge in [-0.2, -0.15) is 0 Å². The summed E-state index contributed by atoms with van der Waals surface area (Å²) in [5.41, 5.74) is 0. The normalized spacial score (nSPS) is 20.0. The van der Waals surface area contributed by atoms with E-state index in [4.69, 9.17) is 0 Å². The summed E-state index contributed by atoms with van der Waals surface area (Å²) in [5.74, 6) is -0.0925. The van der Waals surface area contributed by atoms with Crippen molar-refractivity contribution < 1.29 is 9.59 Å². The molecule has 1 atom stereocenters. The Labute approximate surface area is 90.2 Å². The predicted octanol–water partition coefficient (Wildman–Crippen LogP) is -0.667. The summed E-state index contributed by atoms with van der Waals surface area (Å²) in [6.45, 7) is 3.50. The molecule has 2 amide bonds. The molecule has 1 aliphatic heterocycles. The fourth-order valence-electron chi connectivity index (χ4n) is 1.71. The van der Waals surface area contributed by atoms with Gasteiger partial charge in [0.15, 0.2) is 0 Å². The van der Waals surface area contributed by atoms with E-state index in [0.717, 1.165) is 19.4 Å². The van der Waals surface area contributed by atoms with Crippen LogP contribution in [0.4, 0.5) is 0 Å². The number of carbonyl (C=O) groups excluding carboxylic acids is 2. The van der Waals surface area contributed by atoms with Crippen LogP contribution in [0, 0.1) is 0 Å².